The first-order valence-corrected chi connectivity index (χ1v) is 11.7. The molecular formula is C21H22O2Si. The average molecular weight is 334 g/mol. The van der Waals surface area contributed by atoms with E-state index in [0.29, 0.717) is 11.1 Å². The van der Waals surface area contributed by atoms with E-state index in [1.807, 2.05) is 60.7 Å². The highest BCUT2D eigenvalue weighted by Gasteiger charge is 2.62. The molecule has 0 unspecified atom stereocenters. The molecule has 24 heavy (non-hydrogen) atoms. The van der Waals surface area contributed by atoms with Gasteiger partial charge in [0.1, 0.15) is 0 Å². The molecular weight excluding hydrogens is 312 g/mol. The topological polar surface area (TPSA) is 34.1 Å². The van der Waals surface area contributed by atoms with Crippen LogP contribution in [0.25, 0.3) is 0 Å². The molecule has 3 rings (SSSR count). The third-order valence-electron chi connectivity index (χ3n) is 5.21. The summed E-state index contributed by atoms with van der Waals surface area (Å²) in [6.45, 7) is 8.73. The number of hydrogen-bond acceptors (Lipinski definition) is 2. The molecule has 0 aliphatic heterocycles. The highest BCUT2D eigenvalue weighted by atomic mass is 28.3. The van der Waals surface area contributed by atoms with Crippen LogP contribution >= 0.6 is 0 Å². The molecule has 0 bridgehead atoms. The Kier molecular flexibility index (Phi) is 3.92. The van der Waals surface area contributed by atoms with Crippen molar-refractivity contribution < 1.29 is 9.59 Å². The van der Waals surface area contributed by atoms with Crippen LogP contribution in [0.15, 0.2) is 71.8 Å². The number of carbonyl (C=O) groups excluding carboxylic acids is 2. The molecule has 2 aromatic rings. The largest absolute Gasteiger partial charge is 0.289 e. The van der Waals surface area contributed by atoms with Crippen LogP contribution in [0.4, 0.5) is 0 Å². The highest BCUT2D eigenvalue weighted by molar-refractivity contribution is 6.83. The molecule has 3 heteroatoms. The molecule has 2 nitrogen and oxygen atoms in total. The van der Waals surface area contributed by atoms with Crippen LogP contribution in [-0.2, 0) is 0 Å². The average Bonchev–Trinajstić information content (AvgIpc) is 3.22. The summed E-state index contributed by atoms with van der Waals surface area (Å²) in [7, 11) is -1.78. The fraction of sp³-hybridized carbons (Fsp3) is 0.238. The smallest absolute Gasteiger partial charge is 0.190 e. The first-order chi connectivity index (χ1) is 11.3. The quantitative estimate of drug-likeness (QED) is 0.559. The zero-order valence-corrected chi connectivity index (χ0v) is 15.6. The molecule has 0 saturated carbocycles. The third kappa shape index (κ3) is 2.49. The summed E-state index contributed by atoms with van der Waals surface area (Å²) in [6.07, 6.45) is 0. The van der Waals surface area contributed by atoms with Crippen LogP contribution in [0.3, 0.4) is 0 Å². The number of allylic oxidation sites excluding steroid dienone is 2. The monoisotopic (exact) mass is 334 g/mol. The molecule has 0 amide bonds. The van der Waals surface area contributed by atoms with E-state index in [4.69, 9.17) is 0 Å². The minimum atomic E-state index is -1.78. The molecule has 1 aliphatic rings. The second kappa shape index (κ2) is 5.67. The van der Waals surface area contributed by atoms with Crippen molar-refractivity contribution in [3.8, 4) is 0 Å². The number of ketones is 2. The van der Waals surface area contributed by atoms with E-state index in [0.717, 1.165) is 11.1 Å². The first-order valence-electron chi connectivity index (χ1n) is 8.23. The molecule has 0 fully saturated rings. The third-order valence-corrected chi connectivity index (χ3v) is 8.71. The lowest BCUT2D eigenvalue weighted by Crippen LogP contribution is -2.32. The van der Waals surface area contributed by atoms with E-state index in [-0.39, 0.29) is 16.6 Å². The van der Waals surface area contributed by atoms with Crippen molar-refractivity contribution in [2.45, 2.75) is 31.6 Å². The lowest BCUT2D eigenvalue weighted by molar-refractivity contribution is 0.102. The van der Waals surface area contributed by atoms with Gasteiger partial charge in [0.2, 0.25) is 0 Å². The summed E-state index contributed by atoms with van der Waals surface area (Å²) < 4.78 is 0. The second-order valence-electron chi connectivity index (χ2n) is 7.52. The van der Waals surface area contributed by atoms with E-state index >= 15 is 0 Å². The minimum absolute atomic E-state index is 0.000180. The Balaban J connectivity index is 2.07. The summed E-state index contributed by atoms with van der Waals surface area (Å²) >= 11 is 0. The van der Waals surface area contributed by atoms with Gasteiger partial charge in [0.25, 0.3) is 0 Å². The lowest BCUT2D eigenvalue weighted by Gasteiger charge is -2.28. The predicted octanol–water partition coefficient (Wildman–Crippen LogP) is 5.16. The number of carbonyl (C=O) groups is 2. The van der Waals surface area contributed by atoms with Crippen molar-refractivity contribution in [2.75, 3.05) is 0 Å². The molecule has 2 aromatic carbocycles. The maximum atomic E-state index is 13.0. The molecule has 0 atom stereocenters. The molecule has 0 saturated heterocycles. The Morgan fingerprint density at radius 2 is 1.04 bits per heavy atom. The van der Waals surface area contributed by atoms with Crippen LogP contribution in [-0.4, -0.2) is 19.6 Å². The van der Waals surface area contributed by atoms with Gasteiger partial charge in [-0.2, -0.15) is 0 Å². The van der Waals surface area contributed by atoms with Gasteiger partial charge in [0, 0.05) is 27.3 Å². The van der Waals surface area contributed by atoms with E-state index in [9.17, 15) is 9.59 Å². The van der Waals surface area contributed by atoms with Crippen LogP contribution in [0, 0.1) is 0 Å². The maximum absolute atomic E-state index is 13.0. The van der Waals surface area contributed by atoms with Crippen molar-refractivity contribution in [1.82, 2.24) is 0 Å². The van der Waals surface area contributed by atoms with E-state index in [2.05, 4.69) is 26.6 Å². The maximum Gasteiger partial charge on any atom is 0.190 e. The SMILES string of the molecule is CC1([Si](C)(C)C)C(C(=O)c2ccccc2)=C1C(=O)c1ccccc1. The van der Waals surface area contributed by atoms with Crippen molar-refractivity contribution in [2.24, 2.45) is 0 Å². The fourth-order valence-electron chi connectivity index (χ4n) is 3.27. The van der Waals surface area contributed by atoms with Crippen molar-refractivity contribution >= 4 is 19.6 Å². The first kappa shape index (κ1) is 16.6. The zero-order valence-electron chi connectivity index (χ0n) is 14.6. The van der Waals surface area contributed by atoms with Gasteiger partial charge >= 0.3 is 0 Å². The Bertz CT molecular complexity index is 766. The number of rotatable bonds is 5. The Labute approximate surface area is 144 Å². The van der Waals surface area contributed by atoms with Gasteiger partial charge < -0.3 is 0 Å². The van der Waals surface area contributed by atoms with Crippen LogP contribution in [0.5, 0.6) is 0 Å². The van der Waals surface area contributed by atoms with Crippen LogP contribution < -0.4 is 0 Å². The van der Waals surface area contributed by atoms with Gasteiger partial charge in [-0.25, -0.2) is 0 Å². The zero-order chi connectivity index (χ0) is 17.5. The van der Waals surface area contributed by atoms with E-state index in [1.165, 1.54) is 0 Å². The van der Waals surface area contributed by atoms with Gasteiger partial charge in [-0.15, -0.1) is 0 Å². The van der Waals surface area contributed by atoms with Gasteiger partial charge in [0.15, 0.2) is 11.6 Å². The molecule has 0 N–H and O–H groups in total. The number of benzene rings is 2. The lowest BCUT2D eigenvalue weighted by atomic mass is 10.1. The Morgan fingerprint density at radius 1 is 0.708 bits per heavy atom. The number of hydrogen-bond donors (Lipinski definition) is 0. The molecule has 0 aromatic heterocycles. The summed E-state index contributed by atoms with van der Waals surface area (Å²) in [5.74, 6) is -0.000359. The highest BCUT2D eigenvalue weighted by Crippen LogP contribution is 2.66. The second-order valence-corrected chi connectivity index (χ2v) is 13.0. The normalized spacial score (nSPS) is 16.0. The Morgan fingerprint density at radius 3 is 1.33 bits per heavy atom. The van der Waals surface area contributed by atoms with E-state index in [1.54, 1.807) is 0 Å². The van der Waals surface area contributed by atoms with Gasteiger partial charge in [-0.1, -0.05) is 87.2 Å². The summed E-state index contributed by atoms with van der Waals surface area (Å²) in [6, 6.07) is 18.5. The van der Waals surface area contributed by atoms with Crippen molar-refractivity contribution in [1.29, 1.82) is 0 Å². The van der Waals surface area contributed by atoms with Gasteiger partial charge in [-0.3, -0.25) is 9.59 Å². The molecule has 0 spiro atoms. The predicted molar refractivity (Wildman–Crippen MR) is 100 cm³/mol. The summed E-state index contributed by atoms with van der Waals surface area (Å²) in [5.41, 5.74) is 2.77. The van der Waals surface area contributed by atoms with Gasteiger partial charge in [0.05, 0.1) is 8.07 Å². The van der Waals surface area contributed by atoms with Gasteiger partial charge in [-0.05, 0) is 0 Å². The molecule has 0 radical (unpaired) electrons. The Hall–Kier alpha value is -2.26. The molecule has 1 aliphatic carbocycles. The number of Topliss-reactive ketones (excluding diaryl/α,β-unsaturated/α-hetero) is 2. The van der Waals surface area contributed by atoms with Crippen LogP contribution in [0.1, 0.15) is 27.6 Å². The van der Waals surface area contributed by atoms with Crippen molar-refractivity contribution in [3.63, 3.8) is 0 Å². The van der Waals surface area contributed by atoms with Crippen LogP contribution in [0.2, 0.25) is 24.7 Å². The van der Waals surface area contributed by atoms with Crippen molar-refractivity contribution in [3.05, 3.63) is 82.9 Å². The molecule has 122 valence electrons. The summed E-state index contributed by atoms with van der Waals surface area (Å²) in [4.78, 5) is 26.1. The van der Waals surface area contributed by atoms with E-state index < -0.39 is 8.07 Å². The minimum Gasteiger partial charge on any atom is -0.289 e. The molecule has 0 heterocycles. The standard InChI is InChI=1S/C21H22O2Si/c1-21(24(2,3)4)17(19(22)15-11-7-5-8-12-15)18(21)20(23)16-13-9-6-10-14-16/h5-14H,1-4H3. The fourth-order valence-corrected chi connectivity index (χ4v) is 5.19. The summed E-state index contributed by atoms with van der Waals surface area (Å²) in [5, 5.41) is -0.354.